The number of hydrogen-bond donors (Lipinski definition) is 5. The average Bonchev–Trinajstić information content (AvgIpc) is 3.71. The molecule has 1 atom stereocenters. The van der Waals surface area contributed by atoms with E-state index in [1.54, 1.807) is 42.4 Å². The monoisotopic (exact) mass is 547 g/mol. The van der Waals surface area contributed by atoms with Crippen molar-refractivity contribution in [1.82, 2.24) is 30.0 Å². The lowest BCUT2D eigenvalue weighted by atomic mass is 9.96. The number of rotatable bonds is 9. The van der Waals surface area contributed by atoms with Crippen LogP contribution in [0, 0.1) is 5.41 Å². The van der Waals surface area contributed by atoms with E-state index in [0.29, 0.717) is 42.6 Å². The van der Waals surface area contributed by atoms with Gasteiger partial charge in [0, 0.05) is 25.3 Å². The lowest BCUT2D eigenvalue weighted by molar-refractivity contribution is 0.0729. The van der Waals surface area contributed by atoms with Gasteiger partial charge in [-0.15, -0.1) is 0 Å². The number of aliphatic hydroxyl groups excluding tert-OH is 1. The van der Waals surface area contributed by atoms with Gasteiger partial charge in [0.25, 0.3) is 11.8 Å². The summed E-state index contributed by atoms with van der Waals surface area (Å²) in [7, 11) is 1.50. The van der Waals surface area contributed by atoms with Gasteiger partial charge < -0.3 is 24.6 Å². The molecule has 13 nitrogen and oxygen atoms in total. The Balaban J connectivity index is 1.33. The number of hydrazine groups is 2. The van der Waals surface area contributed by atoms with Crippen LogP contribution in [0.3, 0.4) is 0 Å². The van der Waals surface area contributed by atoms with Gasteiger partial charge in [0.1, 0.15) is 23.0 Å². The third-order valence-electron chi connectivity index (χ3n) is 7.17. The molecule has 1 fully saturated rings. The third kappa shape index (κ3) is 5.52. The fourth-order valence-electron chi connectivity index (χ4n) is 4.73. The van der Waals surface area contributed by atoms with Gasteiger partial charge in [0.05, 0.1) is 31.6 Å². The molecule has 6 N–H and O–H groups in total. The van der Waals surface area contributed by atoms with Crippen molar-refractivity contribution in [3.05, 3.63) is 70.9 Å². The highest BCUT2D eigenvalue weighted by Crippen LogP contribution is 2.35. The Hall–Kier alpha value is -4.33. The first-order valence-electron chi connectivity index (χ1n) is 13.1. The van der Waals surface area contributed by atoms with E-state index in [1.807, 2.05) is 16.8 Å². The highest BCUT2D eigenvalue weighted by Gasteiger charge is 2.28. The summed E-state index contributed by atoms with van der Waals surface area (Å²) in [4.78, 5) is 37.0. The zero-order chi connectivity index (χ0) is 28.4. The lowest BCUT2D eigenvalue weighted by Crippen LogP contribution is -2.53. The number of aliphatic hydroxyl groups is 1. The van der Waals surface area contributed by atoms with E-state index in [9.17, 15) is 14.7 Å². The molecule has 0 saturated heterocycles. The number of nitrogens with one attached hydrogen (secondary N) is 3. The molecule has 13 heteroatoms. The molecule has 1 aliphatic heterocycles. The standard InChI is InChI=1S/C27H33N9O4/c1-16(14-37)36(33-29)25(28)21-4-3-5-24(31-21)32-26(38)20-10-18-12-34(9-8-17(18)11-23(20)40-2)27(39)22-13-35(15-30-22)19-6-7-19/h3-5,10-11,13,15-16,19,28,33,37H,6-9,12,14,29H2,1-2H3,(H,31,32,38). The zero-order valence-electron chi connectivity index (χ0n) is 22.4. The Morgan fingerprint density at radius 1 is 1.27 bits per heavy atom. The van der Waals surface area contributed by atoms with Crippen molar-refractivity contribution >= 4 is 23.5 Å². The number of fused-ring (bicyclic) bond motifs is 1. The second kappa shape index (κ2) is 11.4. The van der Waals surface area contributed by atoms with Gasteiger partial charge in [-0.1, -0.05) is 6.07 Å². The summed E-state index contributed by atoms with van der Waals surface area (Å²) in [5.74, 6) is 5.52. The van der Waals surface area contributed by atoms with E-state index in [4.69, 9.17) is 16.0 Å². The average molecular weight is 548 g/mol. The van der Waals surface area contributed by atoms with E-state index in [-0.39, 0.29) is 29.9 Å². The first-order chi connectivity index (χ1) is 19.3. The van der Waals surface area contributed by atoms with Gasteiger partial charge in [-0.25, -0.2) is 9.97 Å². The van der Waals surface area contributed by atoms with Gasteiger partial charge in [0.15, 0.2) is 5.84 Å². The fraction of sp³-hybridized carbons (Fsp3) is 0.370. The van der Waals surface area contributed by atoms with E-state index in [2.05, 4.69) is 20.8 Å². The van der Waals surface area contributed by atoms with Crippen molar-refractivity contribution in [3.63, 3.8) is 0 Å². The van der Waals surface area contributed by atoms with Crippen molar-refractivity contribution in [3.8, 4) is 5.75 Å². The maximum Gasteiger partial charge on any atom is 0.274 e. The molecule has 40 heavy (non-hydrogen) atoms. The smallest absolute Gasteiger partial charge is 0.274 e. The van der Waals surface area contributed by atoms with Gasteiger partial charge in [-0.2, -0.15) is 5.53 Å². The van der Waals surface area contributed by atoms with Crippen LogP contribution in [0.25, 0.3) is 0 Å². The van der Waals surface area contributed by atoms with Crippen molar-refractivity contribution in [2.45, 2.75) is 44.8 Å². The summed E-state index contributed by atoms with van der Waals surface area (Å²) in [6.07, 6.45) is 6.39. The molecule has 1 unspecified atom stereocenters. The Bertz CT molecular complexity index is 1440. The summed E-state index contributed by atoms with van der Waals surface area (Å²) in [5, 5.41) is 21.9. The molecular formula is C27H33N9O4. The number of pyridine rings is 1. The third-order valence-corrected chi connectivity index (χ3v) is 7.17. The number of nitrogens with zero attached hydrogens (tertiary/aromatic N) is 5. The number of amides is 2. The van der Waals surface area contributed by atoms with E-state index < -0.39 is 11.9 Å². The number of aromatic nitrogens is 3. The van der Waals surface area contributed by atoms with E-state index in [1.165, 1.54) is 12.1 Å². The summed E-state index contributed by atoms with van der Waals surface area (Å²) >= 11 is 0. The molecular weight excluding hydrogens is 514 g/mol. The zero-order valence-corrected chi connectivity index (χ0v) is 22.4. The molecule has 3 aromatic rings. The molecule has 0 bridgehead atoms. The van der Waals surface area contributed by atoms with Gasteiger partial charge >= 0.3 is 0 Å². The molecule has 5 rings (SSSR count). The van der Waals surface area contributed by atoms with Crippen LogP contribution in [0.1, 0.15) is 63.5 Å². The first-order valence-corrected chi connectivity index (χ1v) is 13.1. The van der Waals surface area contributed by atoms with Gasteiger partial charge in [-0.05, 0) is 61.6 Å². The second-order valence-electron chi connectivity index (χ2n) is 9.98. The summed E-state index contributed by atoms with van der Waals surface area (Å²) < 4.78 is 7.53. The minimum atomic E-state index is -0.474. The fourth-order valence-corrected chi connectivity index (χ4v) is 4.73. The predicted molar refractivity (Wildman–Crippen MR) is 147 cm³/mol. The van der Waals surface area contributed by atoms with E-state index in [0.717, 1.165) is 24.0 Å². The number of hydrogen-bond acceptors (Lipinski definition) is 9. The summed E-state index contributed by atoms with van der Waals surface area (Å²) in [6.45, 7) is 2.36. The van der Waals surface area contributed by atoms with Crippen LogP contribution < -0.4 is 21.4 Å². The van der Waals surface area contributed by atoms with Gasteiger partial charge in [-0.3, -0.25) is 25.8 Å². The highest BCUT2D eigenvalue weighted by atomic mass is 16.5. The van der Waals surface area contributed by atoms with Crippen molar-refractivity contribution in [1.29, 1.82) is 5.41 Å². The maximum absolute atomic E-state index is 13.4. The molecule has 1 aliphatic carbocycles. The van der Waals surface area contributed by atoms with Crippen molar-refractivity contribution < 1.29 is 19.4 Å². The Kier molecular flexibility index (Phi) is 7.78. The van der Waals surface area contributed by atoms with Crippen LogP contribution in [0.5, 0.6) is 5.75 Å². The molecule has 0 spiro atoms. The molecule has 210 valence electrons. The Morgan fingerprint density at radius 3 is 2.77 bits per heavy atom. The van der Waals surface area contributed by atoms with Crippen LogP contribution in [-0.2, 0) is 13.0 Å². The number of benzene rings is 1. The van der Waals surface area contributed by atoms with Crippen LogP contribution >= 0.6 is 0 Å². The number of amidine groups is 1. The molecule has 2 aliphatic rings. The van der Waals surface area contributed by atoms with Crippen LogP contribution in [-0.4, -0.2) is 73.5 Å². The quantitative estimate of drug-likeness (QED) is 0.115. The Morgan fingerprint density at radius 2 is 2.08 bits per heavy atom. The van der Waals surface area contributed by atoms with E-state index >= 15 is 0 Å². The summed E-state index contributed by atoms with van der Waals surface area (Å²) in [6, 6.07) is 8.43. The molecule has 1 aromatic carbocycles. The first kappa shape index (κ1) is 27.2. The van der Waals surface area contributed by atoms with Crippen LogP contribution in [0.4, 0.5) is 5.82 Å². The minimum absolute atomic E-state index is 0.0711. The Labute approximate surface area is 231 Å². The SMILES string of the molecule is COc1cc2c(cc1C(=O)Nc1cccc(C(=N)N(NN)C(C)CO)n1)CN(C(=O)c1cn(C3CC3)cn1)CC2. The number of nitrogens with two attached hydrogens (primary N) is 1. The van der Waals surface area contributed by atoms with Crippen LogP contribution in [0.15, 0.2) is 42.9 Å². The highest BCUT2D eigenvalue weighted by molar-refractivity contribution is 6.06. The largest absolute Gasteiger partial charge is 0.496 e. The molecule has 0 radical (unpaired) electrons. The number of anilines is 1. The minimum Gasteiger partial charge on any atom is -0.496 e. The number of ether oxygens (including phenoxy) is 1. The molecule has 2 amide bonds. The normalized spacial score (nSPS) is 15.2. The molecule has 3 heterocycles. The lowest BCUT2D eigenvalue weighted by Gasteiger charge is -2.29. The number of methoxy groups -OCH3 is 1. The second-order valence-corrected chi connectivity index (χ2v) is 9.98. The predicted octanol–water partition coefficient (Wildman–Crippen LogP) is 1.46. The topological polar surface area (TPSA) is 175 Å². The number of carbonyl (C=O) groups excluding carboxylic acids is 2. The summed E-state index contributed by atoms with van der Waals surface area (Å²) in [5.41, 5.74) is 5.23. The number of imidazole rings is 1. The number of carbonyl (C=O) groups is 2. The van der Waals surface area contributed by atoms with Crippen molar-refractivity contribution in [2.24, 2.45) is 5.84 Å². The van der Waals surface area contributed by atoms with Crippen LogP contribution in [0.2, 0.25) is 0 Å². The van der Waals surface area contributed by atoms with Gasteiger partial charge in [0.2, 0.25) is 0 Å². The molecule has 2 aromatic heterocycles. The van der Waals surface area contributed by atoms with Crippen molar-refractivity contribution in [2.75, 3.05) is 25.6 Å². The molecule has 1 saturated carbocycles. The maximum atomic E-state index is 13.4.